The molecule has 4 rings (SSSR count). The fourth-order valence-electron chi connectivity index (χ4n) is 3.79. The lowest BCUT2D eigenvalue weighted by molar-refractivity contribution is 0.0265. The summed E-state index contributed by atoms with van der Waals surface area (Å²) in [6, 6.07) is 8.40. The normalized spacial score (nSPS) is 18.0. The molecule has 1 N–H and O–H groups in total. The van der Waals surface area contributed by atoms with E-state index in [-0.39, 0.29) is 11.7 Å². The maximum absolute atomic E-state index is 12.6. The molecule has 1 atom stereocenters. The SMILES string of the molecule is COc1ccc2c3c1CCC[C@H]3OC(=O)c1cccc(C(=O)O)c1-2. The topological polar surface area (TPSA) is 72.8 Å². The molecule has 1 heterocycles. The molecular formula is C19H16O5. The molecule has 24 heavy (non-hydrogen) atoms. The molecule has 0 fully saturated rings. The third kappa shape index (κ3) is 2.01. The highest BCUT2D eigenvalue weighted by atomic mass is 16.5. The number of rotatable bonds is 2. The van der Waals surface area contributed by atoms with Crippen molar-refractivity contribution in [2.45, 2.75) is 25.4 Å². The molecule has 0 spiro atoms. The molecule has 1 aliphatic carbocycles. The molecule has 0 aromatic heterocycles. The number of fused-ring (bicyclic) bond motifs is 2. The van der Waals surface area contributed by atoms with Gasteiger partial charge in [0.25, 0.3) is 0 Å². The number of benzene rings is 2. The molecule has 0 saturated carbocycles. The van der Waals surface area contributed by atoms with Crippen LogP contribution in [-0.2, 0) is 11.2 Å². The Balaban J connectivity index is 2.10. The number of carboxylic acid groups (broad SMARTS) is 1. The van der Waals surface area contributed by atoms with E-state index < -0.39 is 11.9 Å². The minimum absolute atomic E-state index is 0.114. The Hall–Kier alpha value is -2.82. The Morgan fingerprint density at radius 3 is 2.83 bits per heavy atom. The number of carboxylic acids is 1. The first kappa shape index (κ1) is 14.8. The standard InChI is InChI=1S/C19H16O5/c1-23-14-9-8-11-16-12(18(20)21)5-2-6-13(16)19(22)24-15-7-3-4-10(14)17(11)15/h2,5-6,8-9,15H,3-4,7H2,1H3,(H,20,21)/t15-/m1/s1. The van der Waals surface area contributed by atoms with Crippen molar-refractivity contribution >= 4 is 11.9 Å². The van der Waals surface area contributed by atoms with Crippen LogP contribution in [0.4, 0.5) is 0 Å². The zero-order chi connectivity index (χ0) is 16.8. The Morgan fingerprint density at radius 1 is 1.25 bits per heavy atom. The average Bonchev–Trinajstić information content (AvgIpc) is 2.71. The second-order valence-electron chi connectivity index (χ2n) is 6.03. The van der Waals surface area contributed by atoms with Crippen LogP contribution in [0.3, 0.4) is 0 Å². The number of hydrogen-bond acceptors (Lipinski definition) is 4. The molecule has 2 aromatic carbocycles. The lowest BCUT2D eigenvalue weighted by Gasteiger charge is -2.27. The summed E-state index contributed by atoms with van der Waals surface area (Å²) in [7, 11) is 1.61. The van der Waals surface area contributed by atoms with E-state index in [0.29, 0.717) is 11.1 Å². The number of carbonyl (C=O) groups is 2. The number of carbonyl (C=O) groups excluding carboxylic acids is 1. The molecule has 0 radical (unpaired) electrons. The number of ether oxygens (including phenoxy) is 2. The summed E-state index contributed by atoms with van der Waals surface area (Å²) in [5, 5.41) is 9.57. The summed E-state index contributed by atoms with van der Waals surface area (Å²) in [4.78, 5) is 24.3. The molecule has 0 amide bonds. The van der Waals surface area contributed by atoms with Gasteiger partial charge in [-0.15, -0.1) is 0 Å². The minimum Gasteiger partial charge on any atom is -0.496 e. The van der Waals surface area contributed by atoms with Crippen LogP contribution in [0.15, 0.2) is 30.3 Å². The highest BCUT2D eigenvalue weighted by Gasteiger charge is 2.35. The molecule has 5 nitrogen and oxygen atoms in total. The lowest BCUT2D eigenvalue weighted by Crippen LogP contribution is -2.16. The summed E-state index contributed by atoms with van der Waals surface area (Å²) in [5.41, 5.74) is 3.51. The lowest BCUT2D eigenvalue weighted by atomic mass is 9.82. The molecular weight excluding hydrogens is 308 g/mol. The maximum Gasteiger partial charge on any atom is 0.339 e. The van der Waals surface area contributed by atoms with Gasteiger partial charge in [0.15, 0.2) is 0 Å². The zero-order valence-corrected chi connectivity index (χ0v) is 13.2. The van der Waals surface area contributed by atoms with Crippen molar-refractivity contribution in [1.82, 2.24) is 0 Å². The molecule has 2 aromatic rings. The Labute approximate surface area is 138 Å². The van der Waals surface area contributed by atoms with E-state index in [2.05, 4.69) is 0 Å². The summed E-state index contributed by atoms with van der Waals surface area (Å²) in [5.74, 6) is -0.773. The van der Waals surface area contributed by atoms with E-state index in [1.54, 1.807) is 19.2 Å². The van der Waals surface area contributed by atoms with E-state index in [9.17, 15) is 14.7 Å². The average molecular weight is 324 g/mol. The van der Waals surface area contributed by atoms with E-state index in [1.165, 1.54) is 6.07 Å². The van der Waals surface area contributed by atoms with Crippen LogP contribution in [0.1, 0.15) is 50.8 Å². The highest BCUT2D eigenvalue weighted by molar-refractivity contribution is 6.07. The molecule has 0 unspecified atom stereocenters. The van der Waals surface area contributed by atoms with Crippen LogP contribution < -0.4 is 4.74 Å². The predicted molar refractivity (Wildman–Crippen MR) is 86.5 cm³/mol. The predicted octanol–water partition coefficient (Wildman–Crippen LogP) is 3.61. The molecule has 0 bridgehead atoms. The van der Waals surface area contributed by atoms with E-state index >= 15 is 0 Å². The van der Waals surface area contributed by atoms with Crippen molar-refractivity contribution < 1.29 is 24.2 Å². The zero-order valence-electron chi connectivity index (χ0n) is 13.2. The Morgan fingerprint density at radius 2 is 2.08 bits per heavy atom. The van der Waals surface area contributed by atoms with E-state index in [0.717, 1.165) is 41.7 Å². The van der Waals surface area contributed by atoms with Crippen LogP contribution in [0.2, 0.25) is 0 Å². The number of methoxy groups -OCH3 is 1. The first-order valence-electron chi connectivity index (χ1n) is 7.89. The summed E-state index contributed by atoms with van der Waals surface area (Å²) in [6.07, 6.45) is 2.09. The van der Waals surface area contributed by atoms with Crippen LogP contribution in [0.5, 0.6) is 5.75 Å². The third-order valence-corrected chi connectivity index (χ3v) is 4.78. The van der Waals surface area contributed by atoms with Gasteiger partial charge in [0, 0.05) is 16.7 Å². The quantitative estimate of drug-likeness (QED) is 0.854. The second-order valence-corrected chi connectivity index (χ2v) is 6.03. The van der Waals surface area contributed by atoms with Gasteiger partial charge in [0.2, 0.25) is 0 Å². The molecule has 2 aliphatic rings. The van der Waals surface area contributed by atoms with Gasteiger partial charge in [-0.1, -0.05) is 12.1 Å². The van der Waals surface area contributed by atoms with Crippen LogP contribution in [0, 0.1) is 0 Å². The third-order valence-electron chi connectivity index (χ3n) is 4.78. The van der Waals surface area contributed by atoms with Crippen LogP contribution in [0.25, 0.3) is 11.1 Å². The smallest absolute Gasteiger partial charge is 0.339 e. The largest absolute Gasteiger partial charge is 0.496 e. The van der Waals surface area contributed by atoms with Gasteiger partial charge in [-0.25, -0.2) is 9.59 Å². The van der Waals surface area contributed by atoms with Gasteiger partial charge in [0.1, 0.15) is 11.9 Å². The maximum atomic E-state index is 12.6. The second kappa shape index (κ2) is 5.37. The van der Waals surface area contributed by atoms with E-state index in [4.69, 9.17) is 9.47 Å². The summed E-state index contributed by atoms with van der Waals surface area (Å²) >= 11 is 0. The Kier molecular flexibility index (Phi) is 3.30. The number of aromatic carboxylic acids is 1. The molecule has 0 saturated heterocycles. The van der Waals surface area contributed by atoms with Crippen LogP contribution in [-0.4, -0.2) is 24.2 Å². The van der Waals surface area contributed by atoms with Gasteiger partial charge in [-0.2, -0.15) is 0 Å². The summed E-state index contributed by atoms with van der Waals surface area (Å²) < 4.78 is 11.2. The van der Waals surface area contributed by atoms with Gasteiger partial charge < -0.3 is 14.6 Å². The first-order chi connectivity index (χ1) is 11.6. The van der Waals surface area contributed by atoms with Crippen molar-refractivity contribution in [3.8, 4) is 16.9 Å². The summed E-state index contributed by atoms with van der Waals surface area (Å²) in [6.45, 7) is 0. The van der Waals surface area contributed by atoms with Crippen molar-refractivity contribution in [1.29, 1.82) is 0 Å². The number of esters is 1. The van der Waals surface area contributed by atoms with Crippen molar-refractivity contribution in [3.63, 3.8) is 0 Å². The highest BCUT2D eigenvalue weighted by Crippen LogP contribution is 2.47. The minimum atomic E-state index is -1.06. The number of hydrogen-bond donors (Lipinski definition) is 1. The van der Waals surface area contributed by atoms with Crippen molar-refractivity contribution in [2.24, 2.45) is 0 Å². The molecule has 122 valence electrons. The van der Waals surface area contributed by atoms with Crippen LogP contribution >= 0.6 is 0 Å². The van der Waals surface area contributed by atoms with Gasteiger partial charge in [0.05, 0.1) is 18.2 Å². The monoisotopic (exact) mass is 324 g/mol. The fraction of sp³-hybridized carbons (Fsp3) is 0.263. The van der Waals surface area contributed by atoms with E-state index in [1.807, 2.05) is 12.1 Å². The molecule has 1 aliphatic heterocycles. The first-order valence-corrected chi connectivity index (χ1v) is 7.89. The van der Waals surface area contributed by atoms with Crippen molar-refractivity contribution in [3.05, 3.63) is 52.6 Å². The van der Waals surface area contributed by atoms with Crippen molar-refractivity contribution in [2.75, 3.05) is 7.11 Å². The van der Waals surface area contributed by atoms with Gasteiger partial charge >= 0.3 is 11.9 Å². The Bertz CT molecular complexity index is 868. The van der Waals surface area contributed by atoms with Gasteiger partial charge in [-0.3, -0.25) is 0 Å². The molecule has 5 heteroatoms. The van der Waals surface area contributed by atoms with Gasteiger partial charge in [-0.05, 0) is 43.0 Å². The fourth-order valence-corrected chi connectivity index (χ4v) is 3.79.